The third-order valence-electron chi connectivity index (χ3n) is 2.10. The number of hydrogen-bond acceptors (Lipinski definition) is 4. The minimum absolute atomic E-state index is 0.625. The molecule has 3 aromatic rings. The van der Waals surface area contributed by atoms with Crippen LogP contribution in [0.25, 0.3) is 11.1 Å². The van der Waals surface area contributed by atoms with Crippen LogP contribution in [0.15, 0.2) is 63.3 Å². The number of para-hydroxylation sites is 2. The Kier molecular flexibility index (Phi) is 2.34. The summed E-state index contributed by atoms with van der Waals surface area (Å²) in [7, 11) is 0. The largest absolute Gasteiger partial charge is 0.431 e. The number of pyridine rings is 1. The first-order valence-electron chi connectivity index (χ1n) is 4.86. The van der Waals surface area contributed by atoms with E-state index in [-0.39, 0.29) is 0 Å². The van der Waals surface area contributed by atoms with E-state index < -0.39 is 0 Å². The van der Waals surface area contributed by atoms with Crippen LogP contribution >= 0.6 is 11.8 Å². The van der Waals surface area contributed by atoms with Gasteiger partial charge in [-0.3, -0.25) is 0 Å². The van der Waals surface area contributed by atoms with Crippen LogP contribution in [0.1, 0.15) is 0 Å². The van der Waals surface area contributed by atoms with Crippen molar-refractivity contribution in [1.29, 1.82) is 0 Å². The fraction of sp³-hybridized carbons (Fsp3) is 0. The van der Waals surface area contributed by atoms with Gasteiger partial charge in [0.2, 0.25) is 0 Å². The molecule has 0 saturated carbocycles. The monoisotopic (exact) mass is 228 g/mol. The molecule has 3 nitrogen and oxygen atoms in total. The quantitative estimate of drug-likeness (QED) is 0.674. The van der Waals surface area contributed by atoms with Gasteiger partial charge >= 0.3 is 0 Å². The highest BCUT2D eigenvalue weighted by molar-refractivity contribution is 7.99. The van der Waals surface area contributed by atoms with Crippen LogP contribution in [0.4, 0.5) is 0 Å². The smallest absolute Gasteiger partial charge is 0.263 e. The first-order valence-corrected chi connectivity index (χ1v) is 5.68. The van der Waals surface area contributed by atoms with Gasteiger partial charge in [0.1, 0.15) is 10.5 Å². The van der Waals surface area contributed by atoms with Crippen molar-refractivity contribution in [2.75, 3.05) is 0 Å². The number of benzene rings is 1. The van der Waals surface area contributed by atoms with Crippen LogP contribution in [0.5, 0.6) is 0 Å². The van der Waals surface area contributed by atoms with Gasteiger partial charge in [-0.1, -0.05) is 18.2 Å². The standard InChI is InChI=1S/C12H8N2OS/c1-2-6-10-9(5-1)14-12(15-10)16-11-7-3-4-8-13-11/h1-8H. The Labute approximate surface area is 96.5 Å². The Bertz CT molecular complexity index is 573. The molecule has 0 amide bonds. The molecule has 2 aromatic heterocycles. The van der Waals surface area contributed by atoms with Crippen molar-refractivity contribution in [3.8, 4) is 0 Å². The Balaban J connectivity index is 1.95. The Hall–Kier alpha value is -1.81. The summed E-state index contributed by atoms with van der Waals surface area (Å²) in [6, 6.07) is 13.5. The molecule has 16 heavy (non-hydrogen) atoms. The predicted octanol–water partition coefficient (Wildman–Crippen LogP) is 3.37. The second kappa shape index (κ2) is 3.98. The minimum Gasteiger partial charge on any atom is -0.431 e. The maximum Gasteiger partial charge on any atom is 0.263 e. The summed E-state index contributed by atoms with van der Waals surface area (Å²) in [4.78, 5) is 8.57. The summed E-state index contributed by atoms with van der Waals surface area (Å²) >= 11 is 1.42. The van der Waals surface area contributed by atoms with Gasteiger partial charge in [0.25, 0.3) is 5.22 Å². The molecule has 2 heterocycles. The van der Waals surface area contributed by atoms with E-state index in [0.29, 0.717) is 5.22 Å². The van der Waals surface area contributed by atoms with E-state index in [1.54, 1.807) is 6.20 Å². The van der Waals surface area contributed by atoms with Crippen LogP contribution < -0.4 is 0 Å². The topological polar surface area (TPSA) is 38.9 Å². The molecule has 0 saturated heterocycles. The molecule has 0 unspecified atom stereocenters. The van der Waals surface area contributed by atoms with Crippen molar-refractivity contribution in [1.82, 2.24) is 9.97 Å². The van der Waals surface area contributed by atoms with Gasteiger partial charge in [0, 0.05) is 6.20 Å². The van der Waals surface area contributed by atoms with E-state index >= 15 is 0 Å². The lowest BCUT2D eigenvalue weighted by Gasteiger charge is -1.92. The van der Waals surface area contributed by atoms with Gasteiger partial charge < -0.3 is 4.42 Å². The fourth-order valence-corrected chi connectivity index (χ4v) is 2.11. The molecule has 4 heteroatoms. The van der Waals surface area contributed by atoms with Crippen LogP contribution in [0.2, 0.25) is 0 Å². The van der Waals surface area contributed by atoms with E-state index in [9.17, 15) is 0 Å². The lowest BCUT2D eigenvalue weighted by molar-refractivity contribution is 0.489. The number of hydrogen-bond donors (Lipinski definition) is 0. The van der Waals surface area contributed by atoms with E-state index in [1.165, 1.54) is 11.8 Å². The van der Waals surface area contributed by atoms with E-state index in [0.717, 1.165) is 16.1 Å². The van der Waals surface area contributed by atoms with Crippen molar-refractivity contribution >= 4 is 22.9 Å². The number of rotatable bonds is 2. The molecule has 0 atom stereocenters. The highest BCUT2D eigenvalue weighted by Gasteiger charge is 2.06. The number of oxazole rings is 1. The molecule has 0 aliphatic heterocycles. The van der Waals surface area contributed by atoms with E-state index in [4.69, 9.17) is 4.42 Å². The van der Waals surface area contributed by atoms with Gasteiger partial charge in [0.15, 0.2) is 5.58 Å². The maximum absolute atomic E-state index is 5.58. The lowest BCUT2D eigenvalue weighted by Crippen LogP contribution is -1.76. The van der Waals surface area contributed by atoms with Gasteiger partial charge in [-0.15, -0.1) is 0 Å². The van der Waals surface area contributed by atoms with Crippen LogP contribution in [0.3, 0.4) is 0 Å². The zero-order valence-electron chi connectivity index (χ0n) is 8.33. The summed E-state index contributed by atoms with van der Waals surface area (Å²) in [5.74, 6) is 0. The average Bonchev–Trinajstić information content (AvgIpc) is 2.72. The zero-order valence-corrected chi connectivity index (χ0v) is 9.15. The molecule has 78 valence electrons. The van der Waals surface area contributed by atoms with Gasteiger partial charge in [-0.05, 0) is 36.0 Å². The van der Waals surface area contributed by atoms with E-state index in [1.807, 2.05) is 42.5 Å². The van der Waals surface area contributed by atoms with Crippen molar-refractivity contribution in [3.63, 3.8) is 0 Å². The summed E-state index contributed by atoms with van der Waals surface area (Å²) in [5.41, 5.74) is 1.68. The highest BCUT2D eigenvalue weighted by Crippen LogP contribution is 2.27. The maximum atomic E-state index is 5.58. The SMILES string of the molecule is c1ccc(Sc2nc3ccccc3o2)nc1. The average molecular weight is 228 g/mol. The van der Waals surface area contributed by atoms with Crippen LogP contribution in [-0.4, -0.2) is 9.97 Å². The summed E-state index contributed by atoms with van der Waals surface area (Å²) in [6.45, 7) is 0. The van der Waals surface area contributed by atoms with Crippen molar-refractivity contribution in [3.05, 3.63) is 48.7 Å². The molecule has 0 spiro atoms. The van der Waals surface area contributed by atoms with Crippen molar-refractivity contribution in [2.45, 2.75) is 10.2 Å². The molecule has 0 bridgehead atoms. The lowest BCUT2D eigenvalue weighted by atomic mass is 10.3. The Morgan fingerprint density at radius 3 is 2.69 bits per heavy atom. The summed E-state index contributed by atoms with van der Waals surface area (Å²) in [5, 5.41) is 1.51. The van der Waals surface area contributed by atoms with Crippen molar-refractivity contribution in [2.24, 2.45) is 0 Å². The third kappa shape index (κ3) is 1.79. The molecule has 0 aliphatic rings. The van der Waals surface area contributed by atoms with E-state index in [2.05, 4.69) is 9.97 Å². The molecular weight excluding hydrogens is 220 g/mol. The second-order valence-corrected chi connectivity index (χ2v) is 4.19. The summed E-state index contributed by atoms with van der Waals surface area (Å²) in [6.07, 6.45) is 1.75. The first kappa shape index (κ1) is 9.42. The number of fused-ring (bicyclic) bond motifs is 1. The molecular formula is C12H8N2OS. The zero-order chi connectivity index (χ0) is 10.8. The summed E-state index contributed by atoms with van der Waals surface area (Å²) < 4.78 is 5.58. The molecule has 0 radical (unpaired) electrons. The van der Waals surface area contributed by atoms with Crippen molar-refractivity contribution < 1.29 is 4.42 Å². The molecule has 0 aliphatic carbocycles. The normalized spacial score (nSPS) is 10.8. The second-order valence-electron chi connectivity index (χ2n) is 3.22. The number of aromatic nitrogens is 2. The molecule has 1 aromatic carbocycles. The Morgan fingerprint density at radius 1 is 1.00 bits per heavy atom. The van der Waals surface area contributed by atoms with Gasteiger partial charge in [0.05, 0.1) is 0 Å². The van der Waals surface area contributed by atoms with Gasteiger partial charge in [-0.25, -0.2) is 9.97 Å². The highest BCUT2D eigenvalue weighted by atomic mass is 32.2. The predicted molar refractivity (Wildman–Crippen MR) is 62.4 cm³/mol. The minimum atomic E-state index is 0.625. The third-order valence-corrected chi connectivity index (χ3v) is 2.90. The molecule has 3 rings (SSSR count). The van der Waals surface area contributed by atoms with Gasteiger partial charge in [-0.2, -0.15) is 0 Å². The molecule has 0 N–H and O–H groups in total. The first-order chi connectivity index (χ1) is 7.92. The fourth-order valence-electron chi connectivity index (χ4n) is 1.39. The van der Waals surface area contributed by atoms with Crippen LogP contribution in [-0.2, 0) is 0 Å². The molecule has 0 fully saturated rings. The number of nitrogens with zero attached hydrogens (tertiary/aromatic N) is 2. The Morgan fingerprint density at radius 2 is 1.88 bits per heavy atom. The van der Waals surface area contributed by atoms with Crippen LogP contribution in [0, 0.1) is 0 Å².